The van der Waals surface area contributed by atoms with Crippen LogP contribution in [-0.2, 0) is 29.6 Å². The first-order chi connectivity index (χ1) is 19.7. The van der Waals surface area contributed by atoms with Crippen molar-refractivity contribution in [1.29, 1.82) is 0 Å². The zero-order valence-electron chi connectivity index (χ0n) is 23.1. The highest BCUT2D eigenvalue weighted by atomic mass is 32.2. The predicted molar refractivity (Wildman–Crippen MR) is 153 cm³/mol. The molecule has 0 saturated heterocycles. The van der Waals surface area contributed by atoms with Crippen LogP contribution in [0.4, 0.5) is 11.4 Å². The van der Waals surface area contributed by atoms with E-state index in [4.69, 9.17) is 14.2 Å². The fourth-order valence-corrected chi connectivity index (χ4v) is 6.65. The molecule has 3 rings (SSSR count). The van der Waals surface area contributed by atoms with Crippen molar-refractivity contribution in [3.8, 4) is 17.2 Å². The van der Waals surface area contributed by atoms with Crippen molar-refractivity contribution in [3.63, 3.8) is 0 Å². The van der Waals surface area contributed by atoms with Gasteiger partial charge in [0.25, 0.3) is 20.0 Å². The summed E-state index contributed by atoms with van der Waals surface area (Å²) < 4.78 is 71.5. The number of methoxy groups -OCH3 is 2. The zero-order valence-corrected chi connectivity index (χ0v) is 24.8. The number of hydrogen-bond donors (Lipinski definition) is 2. The van der Waals surface area contributed by atoms with Gasteiger partial charge in [-0.15, -0.1) is 0 Å². The summed E-state index contributed by atoms with van der Waals surface area (Å²) in [6, 6.07) is 14.1. The van der Waals surface area contributed by atoms with Crippen molar-refractivity contribution in [2.75, 3.05) is 35.9 Å². The average Bonchev–Trinajstić information content (AvgIpc) is 2.94. The Labute approximate surface area is 243 Å². The van der Waals surface area contributed by atoms with Gasteiger partial charge in [-0.3, -0.25) is 18.2 Å². The highest BCUT2D eigenvalue weighted by Gasteiger charge is 2.32. The Morgan fingerprint density at radius 1 is 0.714 bits per heavy atom. The summed E-state index contributed by atoms with van der Waals surface area (Å²) in [4.78, 5) is 23.1. The van der Waals surface area contributed by atoms with Crippen LogP contribution in [0.5, 0.6) is 17.2 Å². The molecule has 0 unspecified atom stereocenters. The second-order valence-electron chi connectivity index (χ2n) is 8.98. The van der Waals surface area contributed by atoms with Crippen molar-refractivity contribution < 1.29 is 50.8 Å². The molecule has 0 aliphatic rings. The van der Waals surface area contributed by atoms with Crippen molar-refractivity contribution in [2.24, 2.45) is 0 Å². The van der Waals surface area contributed by atoms with E-state index in [1.165, 1.54) is 68.8 Å². The monoisotopic (exact) mass is 622 g/mol. The van der Waals surface area contributed by atoms with Crippen molar-refractivity contribution in [2.45, 2.75) is 29.7 Å². The summed E-state index contributed by atoms with van der Waals surface area (Å²) in [6.45, 7) is 1.28. The first kappa shape index (κ1) is 32.0. The molecule has 3 aromatic carbocycles. The van der Waals surface area contributed by atoms with Crippen molar-refractivity contribution in [3.05, 3.63) is 66.7 Å². The van der Waals surface area contributed by atoms with Crippen LogP contribution in [0.25, 0.3) is 0 Å². The number of carbonyl (C=O) groups is 2. The third-order valence-electron chi connectivity index (χ3n) is 5.72. The molecule has 3 aromatic rings. The number of benzene rings is 3. The number of anilines is 2. The van der Waals surface area contributed by atoms with E-state index >= 15 is 0 Å². The van der Waals surface area contributed by atoms with Crippen molar-refractivity contribution >= 4 is 43.4 Å². The largest absolute Gasteiger partial charge is 0.497 e. The average molecular weight is 623 g/mol. The zero-order chi connectivity index (χ0) is 31.2. The van der Waals surface area contributed by atoms with Crippen LogP contribution < -0.4 is 22.8 Å². The molecule has 0 aliphatic carbocycles. The Morgan fingerprint density at radius 2 is 1.14 bits per heavy atom. The molecule has 0 amide bonds. The smallest absolute Gasteiger partial charge is 0.324 e. The number of sulfonamides is 2. The van der Waals surface area contributed by atoms with Gasteiger partial charge in [0.2, 0.25) is 0 Å². The number of carboxylic acid groups (broad SMARTS) is 2. The maximum Gasteiger partial charge on any atom is 0.324 e. The Morgan fingerprint density at radius 3 is 1.55 bits per heavy atom. The normalized spacial score (nSPS) is 11.5. The fraction of sp³-hybridized carbons (Fsp3) is 0.259. The van der Waals surface area contributed by atoms with Gasteiger partial charge in [-0.05, 0) is 74.5 Å². The number of rotatable bonds is 14. The van der Waals surface area contributed by atoms with Gasteiger partial charge >= 0.3 is 11.9 Å². The summed E-state index contributed by atoms with van der Waals surface area (Å²) in [5.74, 6) is -2.37. The highest BCUT2D eigenvalue weighted by molar-refractivity contribution is 7.93. The number of aliphatic carboxylic acids is 2. The summed E-state index contributed by atoms with van der Waals surface area (Å²) in [7, 11) is -6.12. The molecule has 0 aliphatic heterocycles. The van der Waals surface area contributed by atoms with E-state index in [2.05, 4.69) is 0 Å². The molecule has 0 saturated carbocycles. The van der Waals surface area contributed by atoms with Crippen LogP contribution in [-0.4, -0.2) is 72.4 Å². The van der Waals surface area contributed by atoms with E-state index in [0.29, 0.717) is 20.1 Å². The van der Waals surface area contributed by atoms with Crippen LogP contribution in [0.1, 0.15) is 13.8 Å². The second-order valence-corrected chi connectivity index (χ2v) is 12.7. The van der Waals surface area contributed by atoms with E-state index in [9.17, 15) is 36.6 Å². The van der Waals surface area contributed by atoms with E-state index < -0.39 is 51.2 Å². The van der Waals surface area contributed by atoms with Gasteiger partial charge in [-0.25, -0.2) is 16.8 Å². The maximum atomic E-state index is 13.6. The molecule has 0 heterocycles. The highest BCUT2D eigenvalue weighted by Crippen LogP contribution is 2.38. The molecule has 15 heteroatoms. The number of nitrogens with zero attached hydrogens (tertiary/aromatic N) is 2. The quantitative estimate of drug-likeness (QED) is 0.270. The van der Waals surface area contributed by atoms with Gasteiger partial charge in [-0.2, -0.15) is 0 Å². The topological polar surface area (TPSA) is 177 Å². The lowest BCUT2D eigenvalue weighted by Gasteiger charge is -2.28. The minimum absolute atomic E-state index is 0.162. The Bertz CT molecular complexity index is 1640. The molecule has 2 N–H and O–H groups in total. The van der Waals surface area contributed by atoms with Crippen LogP contribution in [0.2, 0.25) is 0 Å². The van der Waals surface area contributed by atoms with Gasteiger partial charge in [0.1, 0.15) is 30.3 Å². The molecule has 0 aromatic heterocycles. The fourth-order valence-electron chi connectivity index (χ4n) is 3.82. The Balaban J connectivity index is 2.20. The molecule has 42 heavy (non-hydrogen) atoms. The standard InChI is InChI=1S/C27H30N2O11S2/c1-18(2)40-25-15-19(28(16-26(30)31)41(34,35)22-10-6-20(38-3)7-11-22)5-14-24(25)29(17-27(32)33)42(36,37)23-12-8-21(39-4)9-13-23/h5-15,18H,16-17H2,1-4H3,(H,30,31)(H,32,33). The maximum absolute atomic E-state index is 13.6. The van der Waals surface area contributed by atoms with Crippen LogP contribution in [0, 0.1) is 0 Å². The third kappa shape index (κ3) is 7.22. The molecule has 0 fully saturated rings. The predicted octanol–water partition coefficient (Wildman–Crippen LogP) is 3.05. The lowest BCUT2D eigenvalue weighted by atomic mass is 10.2. The molecule has 0 bridgehead atoms. The van der Waals surface area contributed by atoms with Gasteiger partial charge in [0.05, 0.1) is 41.5 Å². The number of hydrogen-bond acceptors (Lipinski definition) is 9. The van der Waals surface area contributed by atoms with Crippen LogP contribution >= 0.6 is 0 Å². The van der Waals surface area contributed by atoms with E-state index in [0.717, 1.165) is 12.1 Å². The Hall–Kier alpha value is -4.50. The van der Waals surface area contributed by atoms with Crippen LogP contribution in [0.15, 0.2) is 76.5 Å². The van der Waals surface area contributed by atoms with Gasteiger partial charge in [-0.1, -0.05) is 0 Å². The number of ether oxygens (including phenoxy) is 3. The molecular weight excluding hydrogens is 592 g/mol. The van der Waals surface area contributed by atoms with Gasteiger partial charge < -0.3 is 24.4 Å². The lowest BCUT2D eigenvalue weighted by molar-refractivity contribution is -0.136. The van der Waals surface area contributed by atoms with Gasteiger partial charge in [0.15, 0.2) is 0 Å². The summed E-state index contributed by atoms with van der Waals surface area (Å²) in [6.07, 6.45) is -0.569. The molecule has 226 valence electrons. The third-order valence-corrected chi connectivity index (χ3v) is 9.28. The minimum atomic E-state index is -4.48. The number of carboxylic acids is 2. The lowest BCUT2D eigenvalue weighted by Crippen LogP contribution is -2.37. The molecule has 0 spiro atoms. The SMILES string of the molecule is COc1ccc(S(=O)(=O)N(CC(=O)O)c2ccc(N(CC(=O)O)S(=O)(=O)c3ccc(OC)cc3)c(OC(C)C)c2)cc1. The molecular formula is C27H30N2O11S2. The Kier molecular flexibility index (Phi) is 9.91. The van der Waals surface area contributed by atoms with E-state index in [-0.39, 0.29) is 26.9 Å². The minimum Gasteiger partial charge on any atom is -0.497 e. The second kappa shape index (κ2) is 13.0. The summed E-state index contributed by atoms with van der Waals surface area (Å²) in [5.41, 5.74) is -0.368. The summed E-state index contributed by atoms with van der Waals surface area (Å²) in [5, 5.41) is 19.1. The molecule has 0 radical (unpaired) electrons. The first-order valence-corrected chi connectivity index (χ1v) is 15.2. The first-order valence-electron chi connectivity index (χ1n) is 12.3. The van der Waals surface area contributed by atoms with Gasteiger partial charge in [0, 0.05) is 6.07 Å². The van der Waals surface area contributed by atoms with Crippen LogP contribution in [0.3, 0.4) is 0 Å². The molecule has 13 nitrogen and oxygen atoms in total. The van der Waals surface area contributed by atoms with E-state index in [1.807, 2.05) is 0 Å². The van der Waals surface area contributed by atoms with Crippen molar-refractivity contribution in [1.82, 2.24) is 0 Å². The van der Waals surface area contributed by atoms with E-state index in [1.54, 1.807) is 13.8 Å². The molecule has 0 atom stereocenters. The summed E-state index contributed by atoms with van der Waals surface area (Å²) >= 11 is 0.